The van der Waals surface area contributed by atoms with Crippen LogP contribution in [0.2, 0.25) is 0 Å². The van der Waals surface area contributed by atoms with Crippen molar-refractivity contribution in [2.24, 2.45) is 0 Å². The molecule has 0 saturated heterocycles. The Morgan fingerprint density at radius 1 is 1.08 bits per heavy atom. The molecule has 2 aromatic rings. The van der Waals surface area contributed by atoms with Gasteiger partial charge in [-0.15, -0.1) is 11.3 Å². The molecule has 0 bridgehead atoms. The number of benzene rings is 1. The topological polar surface area (TPSA) is 89.5 Å². The van der Waals surface area contributed by atoms with Gasteiger partial charge in [0.15, 0.2) is 5.78 Å². The third-order valence-corrected chi connectivity index (χ3v) is 4.91. The lowest BCUT2D eigenvalue weighted by atomic mass is 10.1. The van der Waals surface area contributed by atoms with Crippen molar-refractivity contribution in [1.82, 2.24) is 0 Å². The number of aryl methyl sites for hydroxylation is 1. The Bertz CT molecular complexity index is 880. The van der Waals surface area contributed by atoms with Crippen LogP contribution in [0.15, 0.2) is 24.3 Å². The summed E-state index contributed by atoms with van der Waals surface area (Å²) < 4.78 is 4.73. The first-order valence-corrected chi connectivity index (χ1v) is 8.81. The molecule has 1 aromatic heterocycles. The van der Waals surface area contributed by atoms with Crippen LogP contribution in [-0.4, -0.2) is 30.0 Å². The van der Waals surface area contributed by atoms with Crippen molar-refractivity contribution in [3.8, 4) is 0 Å². The molecule has 0 aliphatic rings. The van der Waals surface area contributed by atoms with E-state index in [1.54, 1.807) is 38.1 Å². The van der Waals surface area contributed by atoms with Crippen molar-refractivity contribution in [3.63, 3.8) is 0 Å². The Morgan fingerprint density at radius 2 is 1.69 bits per heavy atom. The van der Waals surface area contributed by atoms with Crippen molar-refractivity contribution < 1.29 is 23.9 Å². The van der Waals surface area contributed by atoms with E-state index in [2.05, 4.69) is 5.32 Å². The van der Waals surface area contributed by atoms with Gasteiger partial charge < -0.3 is 10.1 Å². The van der Waals surface area contributed by atoms with Crippen molar-refractivity contribution in [3.05, 3.63) is 51.4 Å². The Kier molecular flexibility index (Phi) is 6.05. The molecule has 0 radical (unpaired) electrons. The molecule has 0 saturated carbocycles. The fourth-order valence-electron chi connectivity index (χ4n) is 2.41. The fraction of sp³-hybridized carbons (Fsp3) is 0.263. The van der Waals surface area contributed by atoms with Crippen LogP contribution in [0.3, 0.4) is 0 Å². The molecule has 6 nitrogen and oxygen atoms in total. The summed E-state index contributed by atoms with van der Waals surface area (Å²) in [7, 11) is 0. The first-order chi connectivity index (χ1) is 12.3. The zero-order chi connectivity index (χ0) is 19.4. The molecule has 1 aromatic carbocycles. The number of carbonyl (C=O) groups is 4. The van der Waals surface area contributed by atoms with Crippen molar-refractivity contribution in [1.29, 1.82) is 0 Å². The Hall–Kier alpha value is -2.80. The predicted octanol–water partition coefficient (Wildman–Crippen LogP) is 3.57. The number of esters is 1. The van der Waals surface area contributed by atoms with Gasteiger partial charge in [-0.05, 0) is 45.4 Å². The SMILES string of the molecule is CCOC(=O)C(=O)c1sc(NC(=O)c2ccc(C)cc2)c(C(C)=O)c1C. The molecule has 26 heavy (non-hydrogen) atoms. The summed E-state index contributed by atoms with van der Waals surface area (Å²) in [6.07, 6.45) is 0. The van der Waals surface area contributed by atoms with Gasteiger partial charge in [0.25, 0.3) is 11.7 Å². The van der Waals surface area contributed by atoms with Gasteiger partial charge in [0.1, 0.15) is 5.00 Å². The third-order valence-electron chi connectivity index (χ3n) is 3.71. The van der Waals surface area contributed by atoms with E-state index in [9.17, 15) is 19.2 Å². The highest BCUT2D eigenvalue weighted by molar-refractivity contribution is 7.19. The minimum Gasteiger partial charge on any atom is -0.460 e. The Labute approximate surface area is 155 Å². The normalized spacial score (nSPS) is 10.3. The average molecular weight is 373 g/mol. The molecule has 0 fully saturated rings. The predicted molar refractivity (Wildman–Crippen MR) is 99.2 cm³/mol. The Balaban J connectivity index is 2.38. The number of ether oxygens (including phenoxy) is 1. The van der Waals surface area contributed by atoms with Crippen LogP contribution < -0.4 is 5.32 Å². The van der Waals surface area contributed by atoms with Crippen molar-refractivity contribution >= 4 is 39.8 Å². The molecule has 0 spiro atoms. The van der Waals surface area contributed by atoms with Gasteiger partial charge in [-0.3, -0.25) is 14.4 Å². The van der Waals surface area contributed by atoms with Gasteiger partial charge in [-0.2, -0.15) is 0 Å². The van der Waals surface area contributed by atoms with Crippen molar-refractivity contribution in [2.75, 3.05) is 11.9 Å². The highest BCUT2D eigenvalue weighted by Crippen LogP contribution is 2.34. The van der Waals surface area contributed by atoms with E-state index in [1.807, 2.05) is 6.92 Å². The van der Waals surface area contributed by atoms with E-state index in [-0.39, 0.29) is 27.8 Å². The summed E-state index contributed by atoms with van der Waals surface area (Å²) in [5.41, 5.74) is 2.03. The van der Waals surface area contributed by atoms with E-state index in [0.29, 0.717) is 11.1 Å². The second-order valence-electron chi connectivity index (χ2n) is 5.69. The monoisotopic (exact) mass is 373 g/mol. The van der Waals surface area contributed by atoms with Crippen molar-refractivity contribution in [2.45, 2.75) is 27.7 Å². The van der Waals surface area contributed by atoms with E-state index < -0.39 is 17.7 Å². The number of rotatable bonds is 6. The van der Waals surface area contributed by atoms with E-state index in [4.69, 9.17) is 4.74 Å². The first kappa shape index (κ1) is 19.5. The minimum absolute atomic E-state index is 0.0750. The molecule has 0 aliphatic heterocycles. The molecule has 136 valence electrons. The van der Waals surface area contributed by atoms with Gasteiger partial charge in [-0.1, -0.05) is 17.7 Å². The molecule has 2 rings (SSSR count). The quantitative estimate of drug-likeness (QED) is 0.475. The lowest BCUT2D eigenvalue weighted by Crippen LogP contribution is -2.17. The number of hydrogen-bond acceptors (Lipinski definition) is 6. The largest absolute Gasteiger partial charge is 0.460 e. The van der Waals surface area contributed by atoms with Crippen LogP contribution in [0.5, 0.6) is 0 Å². The zero-order valence-corrected chi connectivity index (χ0v) is 15.8. The van der Waals surface area contributed by atoms with Crippen LogP contribution in [-0.2, 0) is 9.53 Å². The maximum absolute atomic E-state index is 12.4. The highest BCUT2D eigenvalue weighted by Gasteiger charge is 2.28. The average Bonchev–Trinajstić information content (AvgIpc) is 2.91. The van der Waals surface area contributed by atoms with Crippen LogP contribution in [0, 0.1) is 13.8 Å². The molecular formula is C19H19NO5S. The van der Waals surface area contributed by atoms with E-state index in [0.717, 1.165) is 16.9 Å². The van der Waals surface area contributed by atoms with Crippen LogP contribution >= 0.6 is 11.3 Å². The molecule has 1 N–H and O–H groups in total. The molecule has 1 heterocycles. The number of anilines is 1. The Morgan fingerprint density at radius 3 is 2.23 bits per heavy atom. The first-order valence-electron chi connectivity index (χ1n) is 8.00. The van der Waals surface area contributed by atoms with Gasteiger partial charge in [0, 0.05) is 5.56 Å². The molecule has 0 unspecified atom stereocenters. The van der Waals surface area contributed by atoms with Crippen LogP contribution in [0.4, 0.5) is 5.00 Å². The number of Topliss-reactive ketones (excluding diaryl/α,β-unsaturated/α-hetero) is 2. The summed E-state index contributed by atoms with van der Waals surface area (Å²) >= 11 is 0.900. The van der Waals surface area contributed by atoms with Crippen LogP contribution in [0.1, 0.15) is 55.4 Å². The number of ketones is 2. The van der Waals surface area contributed by atoms with Gasteiger partial charge in [0.2, 0.25) is 0 Å². The lowest BCUT2D eigenvalue weighted by Gasteiger charge is -2.05. The van der Waals surface area contributed by atoms with E-state index >= 15 is 0 Å². The third kappa shape index (κ3) is 4.05. The lowest BCUT2D eigenvalue weighted by molar-refractivity contribution is -0.137. The second kappa shape index (κ2) is 8.05. The van der Waals surface area contributed by atoms with Gasteiger partial charge >= 0.3 is 5.97 Å². The maximum atomic E-state index is 12.4. The number of nitrogens with one attached hydrogen (secondary N) is 1. The smallest absolute Gasteiger partial charge is 0.380 e. The highest BCUT2D eigenvalue weighted by atomic mass is 32.1. The van der Waals surface area contributed by atoms with Crippen LogP contribution in [0.25, 0.3) is 0 Å². The number of thiophene rings is 1. The van der Waals surface area contributed by atoms with Gasteiger partial charge in [0.05, 0.1) is 17.0 Å². The summed E-state index contributed by atoms with van der Waals surface area (Å²) in [6.45, 7) is 6.49. The summed E-state index contributed by atoms with van der Waals surface area (Å²) in [5, 5.41) is 2.91. The summed E-state index contributed by atoms with van der Waals surface area (Å²) in [4.78, 5) is 48.5. The number of amides is 1. The number of hydrogen-bond donors (Lipinski definition) is 1. The van der Waals surface area contributed by atoms with Gasteiger partial charge in [-0.25, -0.2) is 4.79 Å². The molecule has 7 heteroatoms. The number of carbonyl (C=O) groups excluding carboxylic acids is 4. The maximum Gasteiger partial charge on any atom is 0.380 e. The summed E-state index contributed by atoms with van der Waals surface area (Å²) in [5.74, 6) is -2.51. The van der Waals surface area contributed by atoms with E-state index in [1.165, 1.54) is 6.92 Å². The summed E-state index contributed by atoms with van der Waals surface area (Å²) in [6, 6.07) is 6.94. The standard InChI is InChI=1S/C19H19NO5S/c1-5-25-19(24)15(22)16-11(3)14(12(4)21)18(26-16)20-17(23)13-8-6-10(2)7-9-13/h6-9H,5H2,1-4H3,(H,20,23). The molecule has 1 amide bonds. The minimum atomic E-state index is -0.983. The zero-order valence-electron chi connectivity index (χ0n) is 15.0. The molecular weight excluding hydrogens is 354 g/mol. The fourth-order valence-corrected chi connectivity index (χ4v) is 3.59. The molecule has 0 aliphatic carbocycles. The molecule has 0 atom stereocenters. The second-order valence-corrected chi connectivity index (χ2v) is 6.71.